The second-order valence-corrected chi connectivity index (χ2v) is 8.80. The smallest absolute Gasteiger partial charge is 0.254 e. The SMILES string of the molecule is CS(=O)(=O)NCCC1CCCCN1C(=O)c1cccc2c1CCCN2. The molecule has 0 aromatic heterocycles. The van der Waals surface area contributed by atoms with E-state index >= 15 is 0 Å². The van der Waals surface area contributed by atoms with Crippen LogP contribution in [0.4, 0.5) is 5.69 Å². The summed E-state index contributed by atoms with van der Waals surface area (Å²) in [5, 5.41) is 3.38. The summed E-state index contributed by atoms with van der Waals surface area (Å²) in [5.74, 6) is 0.0876. The molecule has 0 saturated carbocycles. The molecule has 2 aliphatic rings. The Kier molecular flexibility index (Phi) is 5.64. The number of carbonyl (C=O) groups is 1. The Bertz CT molecular complexity index is 733. The number of piperidine rings is 1. The Balaban J connectivity index is 1.75. The molecular weight excluding hydrogens is 338 g/mol. The number of benzene rings is 1. The number of rotatable bonds is 5. The van der Waals surface area contributed by atoms with Gasteiger partial charge in [-0.05, 0) is 56.2 Å². The second-order valence-electron chi connectivity index (χ2n) is 6.97. The fourth-order valence-electron chi connectivity index (χ4n) is 3.84. The van der Waals surface area contributed by atoms with Crippen molar-refractivity contribution < 1.29 is 13.2 Å². The summed E-state index contributed by atoms with van der Waals surface area (Å²) in [7, 11) is -3.19. The van der Waals surface area contributed by atoms with Gasteiger partial charge in [0.1, 0.15) is 0 Å². The van der Waals surface area contributed by atoms with Crippen molar-refractivity contribution in [2.75, 3.05) is 31.2 Å². The topological polar surface area (TPSA) is 78.5 Å². The van der Waals surface area contributed by atoms with Gasteiger partial charge in [0, 0.05) is 36.9 Å². The Morgan fingerprint density at radius 3 is 2.96 bits per heavy atom. The van der Waals surface area contributed by atoms with E-state index in [1.54, 1.807) is 0 Å². The highest BCUT2D eigenvalue weighted by molar-refractivity contribution is 7.88. The van der Waals surface area contributed by atoms with E-state index in [0.29, 0.717) is 13.0 Å². The molecule has 138 valence electrons. The lowest BCUT2D eigenvalue weighted by molar-refractivity contribution is 0.0602. The minimum absolute atomic E-state index is 0.0876. The van der Waals surface area contributed by atoms with Gasteiger partial charge in [-0.15, -0.1) is 0 Å². The Hall–Kier alpha value is -1.60. The van der Waals surface area contributed by atoms with Crippen molar-refractivity contribution in [2.45, 2.75) is 44.6 Å². The molecule has 1 atom stereocenters. The van der Waals surface area contributed by atoms with Crippen LogP contribution in [0.1, 0.15) is 48.0 Å². The van der Waals surface area contributed by atoms with Crippen molar-refractivity contribution in [3.05, 3.63) is 29.3 Å². The molecule has 0 radical (unpaired) electrons. The number of nitrogens with one attached hydrogen (secondary N) is 2. The van der Waals surface area contributed by atoms with E-state index in [1.165, 1.54) is 6.26 Å². The molecule has 1 unspecified atom stereocenters. The van der Waals surface area contributed by atoms with Gasteiger partial charge in [0.05, 0.1) is 6.26 Å². The number of amides is 1. The average Bonchev–Trinajstić information content (AvgIpc) is 2.60. The van der Waals surface area contributed by atoms with E-state index in [1.807, 2.05) is 23.1 Å². The quantitative estimate of drug-likeness (QED) is 0.836. The van der Waals surface area contributed by atoms with Gasteiger partial charge in [-0.25, -0.2) is 13.1 Å². The van der Waals surface area contributed by atoms with Crippen LogP contribution in [0.3, 0.4) is 0 Å². The summed E-state index contributed by atoms with van der Waals surface area (Å²) in [5.41, 5.74) is 2.99. The van der Waals surface area contributed by atoms with Crippen molar-refractivity contribution in [3.63, 3.8) is 0 Å². The Labute approximate surface area is 150 Å². The Morgan fingerprint density at radius 2 is 2.16 bits per heavy atom. The summed E-state index contributed by atoms with van der Waals surface area (Å²) < 4.78 is 25.1. The van der Waals surface area contributed by atoms with E-state index in [4.69, 9.17) is 0 Å². The van der Waals surface area contributed by atoms with E-state index < -0.39 is 10.0 Å². The second kappa shape index (κ2) is 7.74. The molecule has 0 bridgehead atoms. The maximum absolute atomic E-state index is 13.2. The third kappa shape index (κ3) is 4.52. The van der Waals surface area contributed by atoms with Gasteiger partial charge in [0.15, 0.2) is 0 Å². The van der Waals surface area contributed by atoms with Gasteiger partial charge in [-0.3, -0.25) is 4.79 Å². The lowest BCUT2D eigenvalue weighted by atomic mass is 9.94. The van der Waals surface area contributed by atoms with Crippen molar-refractivity contribution in [2.24, 2.45) is 0 Å². The molecule has 3 rings (SSSR count). The van der Waals surface area contributed by atoms with Crippen LogP contribution < -0.4 is 10.0 Å². The van der Waals surface area contributed by atoms with Crippen molar-refractivity contribution in [3.8, 4) is 0 Å². The highest BCUT2D eigenvalue weighted by atomic mass is 32.2. The van der Waals surface area contributed by atoms with Gasteiger partial charge in [-0.1, -0.05) is 6.07 Å². The zero-order valence-corrected chi connectivity index (χ0v) is 15.6. The molecule has 25 heavy (non-hydrogen) atoms. The minimum atomic E-state index is -3.19. The van der Waals surface area contributed by atoms with Crippen LogP contribution >= 0.6 is 0 Å². The first-order valence-corrected chi connectivity index (χ1v) is 11.0. The number of carbonyl (C=O) groups excluding carboxylic acids is 1. The van der Waals surface area contributed by atoms with Crippen LogP contribution in [0.2, 0.25) is 0 Å². The van der Waals surface area contributed by atoms with E-state index in [-0.39, 0.29) is 11.9 Å². The highest BCUT2D eigenvalue weighted by Gasteiger charge is 2.29. The average molecular weight is 365 g/mol. The summed E-state index contributed by atoms with van der Waals surface area (Å²) in [4.78, 5) is 15.2. The first-order valence-electron chi connectivity index (χ1n) is 9.07. The third-order valence-electron chi connectivity index (χ3n) is 5.06. The van der Waals surface area contributed by atoms with E-state index in [0.717, 1.165) is 62.0 Å². The highest BCUT2D eigenvalue weighted by Crippen LogP contribution is 2.28. The molecule has 0 aliphatic carbocycles. The minimum Gasteiger partial charge on any atom is -0.385 e. The first kappa shape index (κ1) is 18.2. The van der Waals surface area contributed by atoms with Gasteiger partial charge >= 0.3 is 0 Å². The fraction of sp³-hybridized carbons (Fsp3) is 0.611. The van der Waals surface area contributed by atoms with Crippen molar-refractivity contribution >= 4 is 21.6 Å². The van der Waals surface area contributed by atoms with Crippen LogP contribution in [0.15, 0.2) is 18.2 Å². The molecule has 1 aromatic carbocycles. The third-order valence-corrected chi connectivity index (χ3v) is 5.78. The number of fused-ring (bicyclic) bond motifs is 1. The number of hydrogen-bond acceptors (Lipinski definition) is 4. The zero-order chi connectivity index (χ0) is 17.9. The number of nitrogens with zero attached hydrogens (tertiary/aromatic N) is 1. The lowest BCUT2D eigenvalue weighted by Crippen LogP contribution is -2.45. The molecule has 1 aromatic rings. The molecule has 1 amide bonds. The number of sulfonamides is 1. The maximum Gasteiger partial charge on any atom is 0.254 e. The van der Waals surface area contributed by atoms with Crippen LogP contribution in [0.5, 0.6) is 0 Å². The normalized spacial score (nSPS) is 20.7. The molecule has 1 saturated heterocycles. The fourth-order valence-corrected chi connectivity index (χ4v) is 4.33. The van der Waals surface area contributed by atoms with Crippen LogP contribution in [0.25, 0.3) is 0 Å². The van der Waals surface area contributed by atoms with E-state index in [2.05, 4.69) is 10.0 Å². The molecule has 0 spiro atoms. The maximum atomic E-state index is 13.2. The number of hydrogen-bond donors (Lipinski definition) is 2. The predicted octanol–water partition coefficient (Wildman–Crippen LogP) is 1.98. The largest absolute Gasteiger partial charge is 0.385 e. The van der Waals surface area contributed by atoms with E-state index in [9.17, 15) is 13.2 Å². The predicted molar refractivity (Wildman–Crippen MR) is 99.4 cm³/mol. The van der Waals surface area contributed by atoms with Crippen LogP contribution in [-0.2, 0) is 16.4 Å². The molecule has 1 fully saturated rings. The molecule has 2 aliphatic heterocycles. The standard InChI is InChI=1S/C18H27N3O3S/c1-25(23,24)20-12-10-14-6-2-3-13-21(14)18(22)16-7-4-9-17-15(16)8-5-11-19-17/h4,7,9,14,19-20H,2-3,5-6,8,10-13H2,1H3. The molecule has 6 nitrogen and oxygen atoms in total. The van der Waals surface area contributed by atoms with Crippen molar-refractivity contribution in [1.82, 2.24) is 9.62 Å². The molecule has 2 heterocycles. The van der Waals surface area contributed by atoms with Gasteiger partial charge < -0.3 is 10.2 Å². The van der Waals surface area contributed by atoms with Gasteiger partial charge in [0.25, 0.3) is 5.91 Å². The molecule has 2 N–H and O–H groups in total. The van der Waals surface area contributed by atoms with Crippen LogP contribution in [0, 0.1) is 0 Å². The number of likely N-dealkylation sites (tertiary alicyclic amines) is 1. The lowest BCUT2D eigenvalue weighted by Gasteiger charge is -2.36. The van der Waals surface area contributed by atoms with Gasteiger partial charge in [-0.2, -0.15) is 0 Å². The Morgan fingerprint density at radius 1 is 1.32 bits per heavy atom. The summed E-state index contributed by atoms with van der Waals surface area (Å²) >= 11 is 0. The summed E-state index contributed by atoms with van der Waals surface area (Å²) in [6, 6.07) is 6.00. The molecular formula is C18H27N3O3S. The summed E-state index contributed by atoms with van der Waals surface area (Å²) in [6.07, 6.45) is 6.82. The van der Waals surface area contributed by atoms with Crippen LogP contribution in [-0.4, -0.2) is 51.2 Å². The zero-order valence-electron chi connectivity index (χ0n) is 14.8. The summed E-state index contributed by atoms with van der Waals surface area (Å²) in [6.45, 7) is 2.08. The number of anilines is 1. The van der Waals surface area contributed by atoms with Gasteiger partial charge in [0.2, 0.25) is 10.0 Å². The first-order chi connectivity index (χ1) is 12.0. The molecule has 7 heteroatoms. The van der Waals surface area contributed by atoms with Crippen molar-refractivity contribution in [1.29, 1.82) is 0 Å². The monoisotopic (exact) mass is 365 g/mol.